The SMILES string of the molecule is CNC(=O)c1ccc(-c2ccc3c(c2)OCO3)nc1NCCOC. The van der Waals surface area contributed by atoms with Crippen LogP contribution < -0.4 is 20.1 Å². The van der Waals surface area contributed by atoms with Crippen LogP contribution in [-0.2, 0) is 4.74 Å². The summed E-state index contributed by atoms with van der Waals surface area (Å²) in [5.74, 6) is 1.74. The molecule has 0 atom stereocenters. The minimum absolute atomic E-state index is 0.195. The number of benzene rings is 1. The third-order valence-electron chi connectivity index (χ3n) is 3.63. The predicted molar refractivity (Wildman–Crippen MR) is 89.6 cm³/mol. The third kappa shape index (κ3) is 3.26. The number of amides is 1. The number of aromatic nitrogens is 1. The quantitative estimate of drug-likeness (QED) is 0.788. The van der Waals surface area contributed by atoms with Crippen LogP contribution in [0.5, 0.6) is 11.5 Å². The van der Waals surface area contributed by atoms with Gasteiger partial charge in [-0.2, -0.15) is 0 Å². The van der Waals surface area contributed by atoms with Crippen LogP contribution in [0.15, 0.2) is 30.3 Å². The smallest absolute Gasteiger partial charge is 0.254 e. The van der Waals surface area contributed by atoms with Crippen LogP contribution in [0.2, 0.25) is 0 Å². The molecular formula is C17H19N3O4. The van der Waals surface area contributed by atoms with Gasteiger partial charge >= 0.3 is 0 Å². The van der Waals surface area contributed by atoms with Gasteiger partial charge in [0, 0.05) is 26.3 Å². The summed E-state index contributed by atoms with van der Waals surface area (Å²) in [7, 11) is 3.21. The molecule has 7 nitrogen and oxygen atoms in total. The summed E-state index contributed by atoms with van der Waals surface area (Å²) in [4.78, 5) is 16.6. The minimum atomic E-state index is -0.195. The molecule has 0 saturated carbocycles. The maximum atomic E-state index is 12.0. The van der Waals surface area contributed by atoms with Gasteiger partial charge in [0.2, 0.25) is 6.79 Å². The Bertz CT molecular complexity index is 749. The molecule has 1 aromatic heterocycles. The zero-order chi connectivity index (χ0) is 16.9. The average Bonchev–Trinajstić information content (AvgIpc) is 3.09. The number of fused-ring (bicyclic) bond motifs is 1. The molecule has 1 aliphatic heterocycles. The summed E-state index contributed by atoms with van der Waals surface area (Å²) in [5.41, 5.74) is 2.11. The van der Waals surface area contributed by atoms with Crippen molar-refractivity contribution in [3.8, 4) is 22.8 Å². The monoisotopic (exact) mass is 329 g/mol. The number of hydrogen-bond donors (Lipinski definition) is 2. The van der Waals surface area contributed by atoms with Crippen molar-refractivity contribution in [2.45, 2.75) is 0 Å². The molecule has 2 N–H and O–H groups in total. The number of carbonyl (C=O) groups is 1. The Balaban J connectivity index is 1.93. The fraction of sp³-hybridized carbons (Fsp3) is 0.294. The van der Waals surface area contributed by atoms with Crippen molar-refractivity contribution in [2.24, 2.45) is 0 Å². The van der Waals surface area contributed by atoms with Gasteiger partial charge in [0.1, 0.15) is 5.82 Å². The largest absolute Gasteiger partial charge is 0.454 e. The van der Waals surface area contributed by atoms with E-state index in [1.807, 2.05) is 24.3 Å². The lowest BCUT2D eigenvalue weighted by Crippen LogP contribution is -2.21. The van der Waals surface area contributed by atoms with Gasteiger partial charge in [-0.25, -0.2) is 4.98 Å². The number of hydrogen-bond acceptors (Lipinski definition) is 6. The lowest BCUT2D eigenvalue weighted by atomic mass is 10.1. The van der Waals surface area contributed by atoms with Gasteiger partial charge in [0.05, 0.1) is 17.9 Å². The zero-order valence-electron chi connectivity index (χ0n) is 13.6. The molecule has 0 saturated heterocycles. The van der Waals surface area contributed by atoms with Crippen molar-refractivity contribution < 1.29 is 19.0 Å². The number of carbonyl (C=O) groups excluding carboxylic acids is 1. The number of ether oxygens (including phenoxy) is 3. The van der Waals surface area contributed by atoms with Crippen molar-refractivity contribution in [1.29, 1.82) is 0 Å². The molecule has 0 bridgehead atoms. The zero-order valence-corrected chi connectivity index (χ0v) is 13.6. The normalized spacial score (nSPS) is 12.1. The molecule has 1 aliphatic rings. The van der Waals surface area contributed by atoms with Crippen molar-refractivity contribution >= 4 is 11.7 Å². The lowest BCUT2D eigenvalue weighted by molar-refractivity contribution is 0.0963. The Labute approximate surface area is 139 Å². The van der Waals surface area contributed by atoms with Gasteiger partial charge in [-0.1, -0.05) is 0 Å². The fourth-order valence-corrected chi connectivity index (χ4v) is 2.40. The summed E-state index contributed by atoms with van der Waals surface area (Å²) < 4.78 is 15.8. The van der Waals surface area contributed by atoms with E-state index in [1.165, 1.54) is 0 Å². The highest BCUT2D eigenvalue weighted by Crippen LogP contribution is 2.35. The second-order valence-corrected chi connectivity index (χ2v) is 5.16. The summed E-state index contributed by atoms with van der Waals surface area (Å²) in [6, 6.07) is 9.20. The molecule has 0 radical (unpaired) electrons. The van der Waals surface area contributed by atoms with E-state index in [1.54, 1.807) is 20.2 Å². The minimum Gasteiger partial charge on any atom is -0.454 e. The molecule has 0 spiro atoms. The van der Waals surface area contributed by atoms with Gasteiger partial charge in [-0.05, 0) is 30.3 Å². The maximum Gasteiger partial charge on any atom is 0.254 e. The Hall–Kier alpha value is -2.80. The van der Waals surface area contributed by atoms with E-state index in [0.29, 0.717) is 30.3 Å². The number of anilines is 1. The molecule has 2 heterocycles. The molecule has 1 amide bonds. The molecule has 126 valence electrons. The van der Waals surface area contributed by atoms with E-state index < -0.39 is 0 Å². The standard InChI is InChI=1S/C17H19N3O4/c1-18-17(21)12-4-5-13(20-16(12)19-7-8-22-2)11-3-6-14-15(9-11)24-10-23-14/h3-6,9H,7-8,10H2,1-2H3,(H,18,21)(H,19,20). The summed E-state index contributed by atoms with van der Waals surface area (Å²) in [6.07, 6.45) is 0. The predicted octanol–water partition coefficient (Wildman–Crippen LogP) is 1.90. The Morgan fingerprint density at radius 3 is 2.88 bits per heavy atom. The second-order valence-electron chi connectivity index (χ2n) is 5.16. The number of nitrogens with zero attached hydrogens (tertiary/aromatic N) is 1. The van der Waals surface area contributed by atoms with E-state index in [9.17, 15) is 4.79 Å². The molecule has 0 unspecified atom stereocenters. The van der Waals surface area contributed by atoms with Gasteiger partial charge < -0.3 is 24.8 Å². The highest BCUT2D eigenvalue weighted by atomic mass is 16.7. The summed E-state index contributed by atoms with van der Waals surface area (Å²) in [5, 5.41) is 5.76. The van der Waals surface area contributed by atoms with Crippen molar-refractivity contribution in [2.75, 3.05) is 39.4 Å². The topological polar surface area (TPSA) is 81.7 Å². The van der Waals surface area contributed by atoms with Crippen LogP contribution >= 0.6 is 0 Å². The molecular weight excluding hydrogens is 310 g/mol. The average molecular weight is 329 g/mol. The van der Waals surface area contributed by atoms with Crippen LogP contribution in [0.25, 0.3) is 11.3 Å². The second kappa shape index (κ2) is 7.18. The first-order valence-corrected chi connectivity index (χ1v) is 7.59. The Kier molecular flexibility index (Phi) is 4.81. The fourth-order valence-electron chi connectivity index (χ4n) is 2.40. The Morgan fingerprint density at radius 2 is 2.08 bits per heavy atom. The van der Waals surface area contributed by atoms with Gasteiger partial charge in [-0.3, -0.25) is 4.79 Å². The van der Waals surface area contributed by atoms with Crippen LogP contribution in [0.4, 0.5) is 5.82 Å². The number of pyridine rings is 1. The van der Waals surface area contributed by atoms with E-state index in [2.05, 4.69) is 15.6 Å². The van der Waals surface area contributed by atoms with Gasteiger partial charge in [-0.15, -0.1) is 0 Å². The Morgan fingerprint density at radius 1 is 1.25 bits per heavy atom. The summed E-state index contributed by atoms with van der Waals surface area (Å²) in [6.45, 7) is 1.30. The lowest BCUT2D eigenvalue weighted by Gasteiger charge is -2.12. The first-order chi connectivity index (χ1) is 11.7. The molecule has 7 heteroatoms. The number of nitrogens with one attached hydrogen (secondary N) is 2. The van der Waals surface area contributed by atoms with Crippen LogP contribution in [-0.4, -0.2) is 45.0 Å². The summed E-state index contributed by atoms with van der Waals surface area (Å²) >= 11 is 0. The number of methoxy groups -OCH3 is 1. The van der Waals surface area contributed by atoms with Gasteiger partial charge in [0.15, 0.2) is 11.5 Å². The third-order valence-corrected chi connectivity index (χ3v) is 3.63. The first kappa shape index (κ1) is 16.1. The molecule has 0 aliphatic carbocycles. The van der Waals surface area contributed by atoms with Crippen LogP contribution in [0.3, 0.4) is 0 Å². The van der Waals surface area contributed by atoms with Crippen molar-refractivity contribution in [1.82, 2.24) is 10.3 Å². The molecule has 1 aromatic carbocycles. The van der Waals surface area contributed by atoms with E-state index >= 15 is 0 Å². The van der Waals surface area contributed by atoms with E-state index in [0.717, 1.165) is 17.0 Å². The highest BCUT2D eigenvalue weighted by molar-refractivity contribution is 5.99. The van der Waals surface area contributed by atoms with E-state index in [4.69, 9.17) is 14.2 Å². The molecule has 3 rings (SSSR count). The molecule has 2 aromatic rings. The number of rotatable bonds is 6. The van der Waals surface area contributed by atoms with Crippen LogP contribution in [0.1, 0.15) is 10.4 Å². The highest BCUT2D eigenvalue weighted by Gasteiger charge is 2.16. The van der Waals surface area contributed by atoms with Gasteiger partial charge in [0.25, 0.3) is 5.91 Å². The van der Waals surface area contributed by atoms with Crippen molar-refractivity contribution in [3.63, 3.8) is 0 Å². The maximum absolute atomic E-state index is 12.0. The van der Waals surface area contributed by atoms with Crippen molar-refractivity contribution in [3.05, 3.63) is 35.9 Å². The first-order valence-electron chi connectivity index (χ1n) is 7.59. The molecule has 24 heavy (non-hydrogen) atoms. The van der Waals surface area contributed by atoms with E-state index in [-0.39, 0.29) is 12.7 Å². The molecule has 0 fully saturated rings. The van der Waals surface area contributed by atoms with Crippen LogP contribution in [0, 0.1) is 0 Å².